The minimum atomic E-state index is -0.187. The Morgan fingerprint density at radius 3 is 3.16 bits per heavy atom. The number of fused-ring (bicyclic) bond motifs is 1. The number of benzene rings is 1. The van der Waals surface area contributed by atoms with Crippen LogP contribution in [-0.2, 0) is 6.54 Å². The second-order valence-corrected chi connectivity index (χ2v) is 5.20. The lowest BCUT2D eigenvalue weighted by Crippen LogP contribution is -2.32. The molecule has 2 heterocycles. The molecule has 1 aromatic heterocycles. The molecule has 0 bridgehead atoms. The van der Waals surface area contributed by atoms with Crippen molar-refractivity contribution >= 4 is 10.9 Å². The number of likely N-dealkylation sites (N-methyl/N-ethyl adjacent to an activating group) is 1. The lowest BCUT2D eigenvalue weighted by molar-refractivity contribution is 0.249. The van der Waals surface area contributed by atoms with Crippen LogP contribution >= 0.6 is 0 Å². The molecule has 1 atom stereocenters. The Kier molecular flexibility index (Phi) is 3.44. The van der Waals surface area contributed by atoms with E-state index in [0.29, 0.717) is 6.04 Å². The molecule has 1 aliphatic heterocycles. The Labute approximate surface area is 112 Å². The first kappa shape index (κ1) is 12.5. The average Bonchev–Trinajstić information content (AvgIpc) is 2.92. The van der Waals surface area contributed by atoms with E-state index < -0.39 is 0 Å². The SMILES string of the molecule is CN(Cc1cc(F)cc2cccnc12)C1CCNC1. The van der Waals surface area contributed by atoms with Crippen LogP contribution in [0.25, 0.3) is 10.9 Å². The van der Waals surface area contributed by atoms with Gasteiger partial charge in [0.1, 0.15) is 5.82 Å². The summed E-state index contributed by atoms with van der Waals surface area (Å²) in [5, 5.41) is 4.23. The van der Waals surface area contributed by atoms with E-state index in [1.165, 1.54) is 0 Å². The number of aromatic nitrogens is 1. The Balaban J connectivity index is 1.91. The molecule has 1 saturated heterocycles. The largest absolute Gasteiger partial charge is 0.315 e. The fraction of sp³-hybridized carbons (Fsp3) is 0.400. The zero-order chi connectivity index (χ0) is 13.2. The van der Waals surface area contributed by atoms with Gasteiger partial charge >= 0.3 is 0 Å². The second-order valence-electron chi connectivity index (χ2n) is 5.20. The van der Waals surface area contributed by atoms with Crippen molar-refractivity contribution in [2.24, 2.45) is 0 Å². The van der Waals surface area contributed by atoms with Crippen molar-refractivity contribution in [2.45, 2.75) is 19.0 Å². The van der Waals surface area contributed by atoms with Gasteiger partial charge in [-0.2, -0.15) is 0 Å². The van der Waals surface area contributed by atoms with Crippen molar-refractivity contribution in [1.82, 2.24) is 15.2 Å². The molecule has 3 rings (SSSR count). The van der Waals surface area contributed by atoms with E-state index in [1.807, 2.05) is 12.1 Å². The summed E-state index contributed by atoms with van der Waals surface area (Å²) in [6, 6.07) is 7.43. The van der Waals surface area contributed by atoms with Gasteiger partial charge in [-0.3, -0.25) is 9.88 Å². The minimum absolute atomic E-state index is 0.187. The summed E-state index contributed by atoms with van der Waals surface area (Å²) in [5.41, 5.74) is 1.87. The van der Waals surface area contributed by atoms with Gasteiger partial charge in [-0.05, 0) is 43.8 Å². The molecular weight excluding hydrogens is 241 g/mol. The van der Waals surface area contributed by atoms with Crippen molar-refractivity contribution in [3.05, 3.63) is 41.8 Å². The number of hydrogen-bond acceptors (Lipinski definition) is 3. The molecule has 0 radical (unpaired) electrons. The number of nitrogens with zero attached hydrogens (tertiary/aromatic N) is 2. The van der Waals surface area contributed by atoms with Crippen molar-refractivity contribution < 1.29 is 4.39 Å². The summed E-state index contributed by atoms with van der Waals surface area (Å²) >= 11 is 0. The monoisotopic (exact) mass is 259 g/mol. The van der Waals surface area contributed by atoms with Crippen LogP contribution in [0.2, 0.25) is 0 Å². The lowest BCUT2D eigenvalue weighted by atomic mass is 10.1. The third-order valence-corrected chi connectivity index (χ3v) is 3.83. The second kappa shape index (κ2) is 5.23. The molecule has 1 aliphatic rings. The maximum atomic E-state index is 13.7. The van der Waals surface area contributed by atoms with Crippen LogP contribution in [0.1, 0.15) is 12.0 Å². The normalized spacial score (nSPS) is 19.4. The summed E-state index contributed by atoms with van der Waals surface area (Å²) in [6.45, 7) is 2.81. The fourth-order valence-corrected chi connectivity index (χ4v) is 2.76. The Morgan fingerprint density at radius 1 is 1.47 bits per heavy atom. The minimum Gasteiger partial charge on any atom is -0.315 e. The van der Waals surface area contributed by atoms with Crippen molar-refractivity contribution in [3.8, 4) is 0 Å². The molecule has 0 spiro atoms. The number of halogens is 1. The third-order valence-electron chi connectivity index (χ3n) is 3.83. The molecule has 100 valence electrons. The molecule has 0 saturated carbocycles. The summed E-state index contributed by atoms with van der Waals surface area (Å²) < 4.78 is 13.7. The van der Waals surface area contributed by atoms with Gasteiger partial charge in [0.15, 0.2) is 0 Å². The molecule has 1 unspecified atom stereocenters. The van der Waals surface area contributed by atoms with Crippen LogP contribution in [-0.4, -0.2) is 36.1 Å². The maximum absolute atomic E-state index is 13.7. The summed E-state index contributed by atoms with van der Waals surface area (Å²) in [5.74, 6) is -0.187. The summed E-state index contributed by atoms with van der Waals surface area (Å²) in [6.07, 6.45) is 2.91. The Hall–Kier alpha value is -1.52. The lowest BCUT2D eigenvalue weighted by Gasteiger charge is -2.23. The van der Waals surface area contributed by atoms with E-state index in [2.05, 4.69) is 22.2 Å². The average molecular weight is 259 g/mol. The van der Waals surface area contributed by atoms with Crippen LogP contribution in [0, 0.1) is 5.82 Å². The molecule has 0 amide bonds. The smallest absolute Gasteiger partial charge is 0.124 e. The Morgan fingerprint density at radius 2 is 2.37 bits per heavy atom. The fourth-order valence-electron chi connectivity index (χ4n) is 2.76. The molecular formula is C15H18FN3. The first-order valence-corrected chi connectivity index (χ1v) is 6.68. The maximum Gasteiger partial charge on any atom is 0.124 e. The number of rotatable bonds is 3. The van der Waals surface area contributed by atoms with E-state index in [4.69, 9.17) is 0 Å². The number of pyridine rings is 1. The summed E-state index contributed by atoms with van der Waals surface area (Å²) in [7, 11) is 2.09. The summed E-state index contributed by atoms with van der Waals surface area (Å²) in [4.78, 5) is 6.67. The predicted molar refractivity (Wildman–Crippen MR) is 74.4 cm³/mol. The molecule has 19 heavy (non-hydrogen) atoms. The van der Waals surface area contributed by atoms with Crippen LogP contribution in [0.15, 0.2) is 30.5 Å². The molecule has 0 aliphatic carbocycles. The standard InChI is InChI=1S/C15H18FN3/c1-19(14-4-6-17-9-14)10-12-8-13(16)7-11-3-2-5-18-15(11)12/h2-3,5,7-8,14,17H,4,6,9-10H2,1H3. The van der Waals surface area contributed by atoms with Gasteiger partial charge in [-0.1, -0.05) is 6.07 Å². The molecule has 1 N–H and O–H groups in total. The van der Waals surface area contributed by atoms with E-state index in [1.54, 1.807) is 18.3 Å². The van der Waals surface area contributed by atoms with Gasteiger partial charge in [0, 0.05) is 30.7 Å². The van der Waals surface area contributed by atoms with Crippen LogP contribution in [0.3, 0.4) is 0 Å². The molecule has 3 nitrogen and oxygen atoms in total. The van der Waals surface area contributed by atoms with Crippen LogP contribution in [0.5, 0.6) is 0 Å². The van der Waals surface area contributed by atoms with Gasteiger partial charge in [-0.25, -0.2) is 4.39 Å². The van der Waals surface area contributed by atoms with E-state index in [-0.39, 0.29) is 5.82 Å². The van der Waals surface area contributed by atoms with Crippen molar-refractivity contribution in [1.29, 1.82) is 0 Å². The highest BCUT2D eigenvalue weighted by Gasteiger charge is 2.20. The van der Waals surface area contributed by atoms with E-state index >= 15 is 0 Å². The van der Waals surface area contributed by atoms with Crippen LogP contribution < -0.4 is 5.32 Å². The predicted octanol–water partition coefficient (Wildman–Crippen LogP) is 2.17. The molecule has 2 aromatic rings. The highest BCUT2D eigenvalue weighted by atomic mass is 19.1. The van der Waals surface area contributed by atoms with Gasteiger partial charge < -0.3 is 5.32 Å². The van der Waals surface area contributed by atoms with Crippen LogP contribution in [0.4, 0.5) is 4.39 Å². The highest BCUT2D eigenvalue weighted by Crippen LogP contribution is 2.21. The first-order chi connectivity index (χ1) is 9.24. The quantitative estimate of drug-likeness (QED) is 0.915. The first-order valence-electron chi connectivity index (χ1n) is 6.68. The van der Waals surface area contributed by atoms with Gasteiger partial charge in [-0.15, -0.1) is 0 Å². The number of nitrogens with one attached hydrogen (secondary N) is 1. The Bertz CT molecular complexity index is 579. The zero-order valence-electron chi connectivity index (χ0n) is 11.1. The molecule has 1 aromatic carbocycles. The van der Waals surface area contributed by atoms with Gasteiger partial charge in [0.05, 0.1) is 5.52 Å². The van der Waals surface area contributed by atoms with Crippen molar-refractivity contribution in [3.63, 3.8) is 0 Å². The molecule has 4 heteroatoms. The van der Waals surface area contributed by atoms with Crippen molar-refractivity contribution in [2.75, 3.05) is 20.1 Å². The topological polar surface area (TPSA) is 28.2 Å². The molecule has 1 fully saturated rings. The van der Waals surface area contributed by atoms with Gasteiger partial charge in [0.25, 0.3) is 0 Å². The number of hydrogen-bond donors (Lipinski definition) is 1. The highest BCUT2D eigenvalue weighted by molar-refractivity contribution is 5.81. The third kappa shape index (κ3) is 2.60. The van der Waals surface area contributed by atoms with E-state index in [0.717, 1.165) is 42.5 Å². The zero-order valence-corrected chi connectivity index (χ0v) is 11.1. The van der Waals surface area contributed by atoms with E-state index in [9.17, 15) is 4.39 Å². The van der Waals surface area contributed by atoms with Gasteiger partial charge in [0.2, 0.25) is 0 Å².